The summed E-state index contributed by atoms with van der Waals surface area (Å²) in [7, 11) is 0. The van der Waals surface area contributed by atoms with Crippen LogP contribution in [0.25, 0.3) is 0 Å². The highest BCUT2D eigenvalue weighted by Crippen LogP contribution is 2.17. The van der Waals surface area contributed by atoms with E-state index in [-0.39, 0.29) is 0 Å². The van der Waals surface area contributed by atoms with Gasteiger partial charge >= 0.3 is 0 Å². The summed E-state index contributed by atoms with van der Waals surface area (Å²) in [6.07, 6.45) is 6.47. The zero-order valence-electron chi connectivity index (χ0n) is 7.94. The Bertz CT molecular complexity index is 302. The highest BCUT2D eigenvalue weighted by Gasteiger charge is 2.18. The van der Waals surface area contributed by atoms with Crippen molar-refractivity contribution >= 4 is 11.6 Å². The number of aromatic nitrogens is 2. The van der Waals surface area contributed by atoms with Crippen LogP contribution in [0.2, 0.25) is 0 Å². The summed E-state index contributed by atoms with van der Waals surface area (Å²) in [6, 6.07) is 2.23. The summed E-state index contributed by atoms with van der Waals surface area (Å²) in [4.78, 5) is 18.9. The fourth-order valence-corrected chi connectivity index (χ4v) is 1.67. The number of rotatable bonds is 2. The summed E-state index contributed by atoms with van der Waals surface area (Å²) < 4.78 is 0. The topological polar surface area (TPSA) is 54.9 Å². The summed E-state index contributed by atoms with van der Waals surface area (Å²) in [5.41, 5.74) is 0. The summed E-state index contributed by atoms with van der Waals surface area (Å²) >= 11 is 0. The third kappa shape index (κ3) is 2.28. The Morgan fingerprint density at radius 1 is 1.36 bits per heavy atom. The van der Waals surface area contributed by atoms with Crippen molar-refractivity contribution in [3.8, 4) is 0 Å². The van der Waals surface area contributed by atoms with Gasteiger partial charge in [0.2, 0.25) is 0 Å². The molecule has 1 heterocycles. The second kappa shape index (κ2) is 4.17. The first-order valence-corrected chi connectivity index (χ1v) is 4.89. The number of nitrogens with one attached hydrogen (secondary N) is 1. The number of nitrogens with zero attached hydrogens (tertiary/aromatic N) is 2. The van der Waals surface area contributed by atoms with Crippen molar-refractivity contribution < 1.29 is 4.79 Å². The molecule has 0 radical (unpaired) electrons. The molecule has 0 amide bonds. The van der Waals surface area contributed by atoms with Crippen molar-refractivity contribution in [2.45, 2.75) is 31.7 Å². The molecule has 2 rings (SSSR count). The van der Waals surface area contributed by atoms with E-state index in [0.717, 1.165) is 18.7 Å². The molecule has 1 aromatic heterocycles. The zero-order valence-corrected chi connectivity index (χ0v) is 7.94. The summed E-state index contributed by atoms with van der Waals surface area (Å²) in [5.74, 6) is 1.23. The largest absolute Gasteiger partial charge is 0.367 e. The minimum absolute atomic E-state index is 0.380. The summed E-state index contributed by atoms with van der Waals surface area (Å²) in [5, 5.41) is 3.30. The van der Waals surface area contributed by atoms with Gasteiger partial charge in [0.05, 0.1) is 0 Å². The van der Waals surface area contributed by atoms with Gasteiger partial charge in [-0.15, -0.1) is 0 Å². The van der Waals surface area contributed by atoms with Crippen LogP contribution < -0.4 is 5.32 Å². The van der Waals surface area contributed by atoms with Crippen LogP contribution in [-0.2, 0) is 4.79 Å². The lowest BCUT2D eigenvalue weighted by Gasteiger charge is -2.22. The van der Waals surface area contributed by atoms with Crippen LogP contribution in [0.15, 0.2) is 18.6 Å². The molecule has 14 heavy (non-hydrogen) atoms. The Morgan fingerprint density at radius 3 is 2.79 bits per heavy atom. The average molecular weight is 191 g/mol. The number of carbonyl (C=O) groups is 1. The van der Waals surface area contributed by atoms with Gasteiger partial charge in [0, 0.05) is 25.1 Å². The second-order valence-corrected chi connectivity index (χ2v) is 3.55. The van der Waals surface area contributed by atoms with Crippen molar-refractivity contribution in [3.05, 3.63) is 18.6 Å². The predicted octanol–water partition coefficient (Wildman–Crippen LogP) is 1.40. The van der Waals surface area contributed by atoms with Crippen LogP contribution in [-0.4, -0.2) is 21.8 Å². The lowest BCUT2D eigenvalue weighted by atomic mass is 9.94. The average Bonchev–Trinajstić information content (AvgIpc) is 2.23. The van der Waals surface area contributed by atoms with Gasteiger partial charge in [0.1, 0.15) is 17.9 Å². The van der Waals surface area contributed by atoms with Crippen LogP contribution in [0.5, 0.6) is 0 Å². The molecule has 1 aliphatic rings. The smallest absolute Gasteiger partial charge is 0.133 e. The van der Waals surface area contributed by atoms with Gasteiger partial charge in [0.15, 0.2) is 0 Å². The molecule has 0 bridgehead atoms. The maximum atomic E-state index is 11.0. The Hall–Kier alpha value is -1.45. The SMILES string of the molecule is O=C1CCC(Nc2ccncn2)CC1. The van der Waals surface area contributed by atoms with E-state index in [1.807, 2.05) is 6.07 Å². The van der Waals surface area contributed by atoms with Crippen molar-refractivity contribution in [1.29, 1.82) is 0 Å². The van der Waals surface area contributed by atoms with Gasteiger partial charge in [-0.2, -0.15) is 0 Å². The fourth-order valence-electron chi connectivity index (χ4n) is 1.67. The molecular weight excluding hydrogens is 178 g/mol. The van der Waals surface area contributed by atoms with Crippen LogP contribution in [0.4, 0.5) is 5.82 Å². The Labute approximate surface area is 82.8 Å². The Balaban J connectivity index is 1.89. The first-order chi connectivity index (χ1) is 6.84. The third-order valence-electron chi connectivity index (χ3n) is 2.48. The van der Waals surface area contributed by atoms with Gasteiger partial charge in [-0.25, -0.2) is 9.97 Å². The lowest BCUT2D eigenvalue weighted by molar-refractivity contribution is -0.120. The molecule has 0 atom stereocenters. The van der Waals surface area contributed by atoms with E-state index in [9.17, 15) is 4.79 Å². The number of anilines is 1. The second-order valence-electron chi connectivity index (χ2n) is 3.55. The number of Topliss-reactive ketones (excluding diaryl/α,β-unsaturated/α-hetero) is 1. The molecular formula is C10H13N3O. The molecule has 0 aliphatic heterocycles. The van der Waals surface area contributed by atoms with Crippen molar-refractivity contribution in [1.82, 2.24) is 9.97 Å². The molecule has 0 aromatic carbocycles. The number of ketones is 1. The fraction of sp³-hybridized carbons (Fsp3) is 0.500. The maximum Gasteiger partial charge on any atom is 0.133 e. The molecule has 4 heteroatoms. The van der Waals surface area contributed by atoms with E-state index in [4.69, 9.17) is 0 Å². The maximum absolute atomic E-state index is 11.0. The highest BCUT2D eigenvalue weighted by atomic mass is 16.1. The first-order valence-electron chi connectivity index (χ1n) is 4.89. The van der Waals surface area contributed by atoms with Crippen LogP contribution in [0.1, 0.15) is 25.7 Å². The van der Waals surface area contributed by atoms with Gasteiger partial charge in [-0.3, -0.25) is 4.79 Å². The molecule has 74 valence electrons. The number of hydrogen-bond donors (Lipinski definition) is 1. The molecule has 1 saturated carbocycles. The molecule has 1 fully saturated rings. The standard InChI is InChI=1S/C10H13N3O/c14-9-3-1-8(2-4-9)13-10-5-6-11-7-12-10/h5-8H,1-4H2,(H,11,12,13). The van der Waals surface area contributed by atoms with Crippen molar-refractivity contribution in [2.24, 2.45) is 0 Å². The van der Waals surface area contributed by atoms with E-state index in [1.54, 1.807) is 6.20 Å². The molecule has 1 N–H and O–H groups in total. The normalized spacial score (nSPS) is 18.1. The predicted molar refractivity (Wildman–Crippen MR) is 52.9 cm³/mol. The minimum atomic E-state index is 0.380. The van der Waals surface area contributed by atoms with E-state index in [2.05, 4.69) is 15.3 Å². The molecule has 0 unspecified atom stereocenters. The number of carbonyl (C=O) groups excluding carboxylic acids is 1. The van der Waals surface area contributed by atoms with E-state index in [0.29, 0.717) is 24.7 Å². The lowest BCUT2D eigenvalue weighted by Crippen LogP contribution is -2.26. The van der Waals surface area contributed by atoms with Crippen molar-refractivity contribution in [2.75, 3.05) is 5.32 Å². The first kappa shape index (κ1) is 9.12. The van der Waals surface area contributed by atoms with Gasteiger partial charge in [-0.1, -0.05) is 0 Å². The highest BCUT2D eigenvalue weighted by molar-refractivity contribution is 5.79. The van der Waals surface area contributed by atoms with Crippen molar-refractivity contribution in [3.63, 3.8) is 0 Å². The number of hydrogen-bond acceptors (Lipinski definition) is 4. The molecule has 1 aromatic rings. The Kier molecular flexibility index (Phi) is 2.72. The minimum Gasteiger partial charge on any atom is -0.367 e. The van der Waals surface area contributed by atoms with Crippen LogP contribution >= 0.6 is 0 Å². The summed E-state index contributed by atoms with van der Waals surface area (Å²) in [6.45, 7) is 0. The van der Waals surface area contributed by atoms with Gasteiger partial charge < -0.3 is 5.32 Å². The molecule has 0 saturated heterocycles. The molecule has 4 nitrogen and oxygen atoms in total. The molecule has 0 spiro atoms. The zero-order chi connectivity index (χ0) is 9.80. The van der Waals surface area contributed by atoms with Gasteiger partial charge in [-0.05, 0) is 18.9 Å². The monoisotopic (exact) mass is 191 g/mol. The third-order valence-corrected chi connectivity index (χ3v) is 2.48. The van der Waals surface area contributed by atoms with E-state index >= 15 is 0 Å². The van der Waals surface area contributed by atoms with Crippen LogP contribution in [0.3, 0.4) is 0 Å². The Morgan fingerprint density at radius 2 is 2.14 bits per heavy atom. The quantitative estimate of drug-likeness (QED) is 0.767. The van der Waals surface area contributed by atoms with Gasteiger partial charge in [0.25, 0.3) is 0 Å². The molecule has 1 aliphatic carbocycles. The van der Waals surface area contributed by atoms with E-state index < -0.39 is 0 Å². The van der Waals surface area contributed by atoms with E-state index in [1.165, 1.54) is 6.33 Å². The van der Waals surface area contributed by atoms with Crippen LogP contribution in [0, 0.1) is 0 Å².